The van der Waals surface area contributed by atoms with Crippen LogP contribution in [0.2, 0.25) is 0 Å². The number of nitrogens with two attached hydrogens (primary N) is 1. The summed E-state index contributed by atoms with van der Waals surface area (Å²) in [7, 11) is 0. The number of likely N-dealkylation sites (tertiary alicyclic amines) is 1. The number of carbonyl (C=O) groups is 1. The molecule has 2 heterocycles. The molecule has 3 rings (SSSR count). The van der Waals surface area contributed by atoms with Crippen molar-refractivity contribution in [3.05, 3.63) is 0 Å². The van der Waals surface area contributed by atoms with Gasteiger partial charge in [0.05, 0.1) is 13.2 Å². The van der Waals surface area contributed by atoms with Crippen molar-refractivity contribution in [3.8, 4) is 0 Å². The highest BCUT2D eigenvalue weighted by molar-refractivity contribution is 5.77. The molecule has 3 aliphatic rings. The molecule has 0 aromatic carbocycles. The molecule has 2 atom stereocenters. The van der Waals surface area contributed by atoms with Crippen LogP contribution >= 0.6 is 0 Å². The Morgan fingerprint density at radius 1 is 1.24 bits per heavy atom. The molecule has 6 heteroatoms. The zero-order chi connectivity index (χ0) is 14.7. The summed E-state index contributed by atoms with van der Waals surface area (Å²) in [5, 5.41) is 3.07. The first-order chi connectivity index (χ1) is 10.3. The summed E-state index contributed by atoms with van der Waals surface area (Å²) < 4.78 is 5.42. The maximum atomic E-state index is 12.0. The molecule has 0 aromatic rings. The van der Waals surface area contributed by atoms with Crippen molar-refractivity contribution in [2.24, 2.45) is 5.73 Å². The van der Waals surface area contributed by atoms with E-state index in [1.54, 1.807) is 0 Å². The van der Waals surface area contributed by atoms with Gasteiger partial charge in [-0.3, -0.25) is 14.6 Å². The van der Waals surface area contributed by atoms with Crippen LogP contribution in [0.1, 0.15) is 25.7 Å². The summed E-state index contributed by atoms with van der Waals surface area (Å²) in [6.45, 7) is 6.43. The summed E-state index contributed by atoms with van der Waals surface area (Å²) in [5.41, 5.74) is 5.92. The minimum Gasteiger partial charge on any atom is -0.379 e. The average molecular weight is 296 g/mol. The molecule has 2 saturated heterocycles. The zero-order valence-electron chi connectivity index (χ0n) is 12.8. The van der Waals surface area contributed by atoms with E-state index in [2.05, 4.69) is 15.1 Å². The molecule has 1 saturated carbocycles. The summed E-state index contributed by atoms with van der Waals surface area (Å²) >= 11 is 0. The number of morpholine rings is 1. The fourth-order valence-corrected chi connectivity index (χ4v) is 3.43. The van der Waals surface area contributed by atoms with Gasteiger partial charge in [-0.25, -0.2) is 0 Å². The van der Waals surface area contributed by atoms with E-state index < -0.39 is 0 Å². The molecule has 2 unspecified atom stereocenters. The number of hydrogen-bond acceptors (Lipinski definition) is 5. The lowest BCUT2D eigenvalue weighted by molar-refractivity contribution is -0.122. The standard InChI is InChI=1S/C15H28N4O2/c16-10-14(9-15(20)17-12-1-2-12)19-4-3-13(11-19)18-5-7-21-8-6-18/h12-14H,1-11,16H2,(H,17,20). The van der Waals surface area contributed by atoms with Crippen LogP contribution in [0.25, 0.3) is 0 Å². The van der Waals surface area contributed by atoms with Crippen molar-refractivity contribution in [3.63, 3.8) is 0 Å². The first-order valence-electron chi connectivity index (χ1n) is 8.31. The normalized spacial score (nSPS) is 29.5. The van der Waals surface area contributed by atoms with Gasteiger partial charge >= 0.3 is 0 Å². The Morgan fingerprint density at radius 3 is 2.67 bits per heavy atom. The van der Waals surface area contributed by atoms with E-state index in [0.717, 1.165) is 52.2 Å². The van der Waals surface area contributed by atoms with Gasteiger partial charge in [-0.05, 0) is 19.3 Å². The fraction of sp³-hybridized carbons (Fsp3) is 0.933. The molecule has 1 amide bonds. The quantitative estimate of drug-likeness (QED) is 0.684. The first-order valence-corrected chi connectivity index (χ1v) is 8.31. The summed E-state index contributed by atoms with van der Waals surface area (Å²) in [6.07, 6.45) is 4.01. The second-order valence-electron chi connectivity index (χ2n) is 6.52. The van der Waals surface area contributed by atoms with Gasteiger partial charge in [0.2, 0.25) is 5.91 Å². The van der Waals surface area contributed by atoms with Crippen molar-refractivity contribution in [2.75, 3.05) is 45.9 Å². The molecule has 0 radical (unpaired) electrons. The van der Waals surface area contributed by atoms with Gasteiger partial charge < -0.3 is 15.8 Å². The number of rotatable bonds is 6. The van der Waals surface area contributed by atoms with Gasteiger partial charge in [-0.1, -0.05) is 0 Å². The second-order valence-corrected chi connectivity index (χ2v) is 6.52. The fourth-order valence-electron chi connectivity index (χ4n) is 3.43. The van der Waals surface area contributed by atoms with Crippen molar-refractivity contribution in [2.45, 2.75) is 43.8 Å². The maximum Gasteiger partial charge on any atom is 0.221 e. The molecule has 120 valence electrons. The monoisotopic (exact) mass is 296 g/mol. The Morgan fingerprint density at radius 2 is 2.00 bits per heavy atom. The predicted octanol–water partition coefficient (Wildman–Crippen LogP) is -0.611. The lowest BCUT2D eigenvalue weighted by atomic mass is 10.1. The van der Waals surface area contributed by atoms with Crippen LogP contribution < -0.4 is 11.1 Å². The lowest BCUT2D eigenvalue weighted by Gasteiger charge is -2.33. The van der Waals surface area contributed by atoms with E-state index in [1.165, 1.54) is 6.42 Å². The number of ether oxygens (including phenoxy) is 1. The number of nitrogens with one attached hydrogen (secondary N) is 1. The van der Waals surface area contributed by atoms with E-state index in [-0.39, 0.29) is 11.9 Å². The number of hydrogen-bond donors (Lipinski definition) is 2. The third-order valence-corrected chi connectivity index (χ3v) is 4.91. The molecule has 3 fully saturated rings. The summed E-state index contributed by atoms with van der Waals surface area (Å²) in [6, 6.07) is 1.24. The predicted molar refractivity (Wildman–Crippen MR) is 81.0 cm³/mol. The average Bonchev–Trinajstić information content (AvgIpc) is 3.18. The highest BCUT2D eigenvalue weighted by Crippen LogP contribution is 2.21. The lowest BCUT2D eigenvalue weighted by Crippen LogP contribution is -2.47. The summed E-state index contributed by atoms with van der Waals surface area (Å²) in [4.78, 5) is 16.9. The van der Waals surface area contributed by atoms with Gasteiger partial charge in [0.25, 0.3) is 0 Å². The molecule has 2 aliphatic heterocycles. The van der Waals surface area contributed by atoms with Crippen LogP contribution in [0.5, 0.6) is 0 Å². The molecule has 0 aromatic heterocycles. The Bertz CT molecular complexity index is 356. The van der Waals surface area contributed by atoms with E-state index in [1.807, 2.05) is 0 Å². The molecular formula is C15H28N4O2. The topological polar surface area (TPSA) is 70.8 Å². The van der Waals surface area contributed by atoms with Gasteiger partial charge in [0.15, 0.2) is 0 Å². The van der Waals surface area contributed by atoms with Gasteiger partial charge in [0.1, 0.15) is 0 Å². The van der Waals surface area contributed by atoms with Gasteiger partial charge in [0, 0.05) is 57.3 Å². The molecular weight excluding hydrogens is 268 g/mol. The van der Waals surface area contributed by atoms with Crippen LogP contribution in [-0.4, -0.2) is 79.8 Å². The highest BCUT2D eigenvalue weighted by atomic mass is 16.5. The van der Waals surface area contributed by atoms with Crippen LogP contribution in [0.4, 0.5) is 0 Å². The summed E-state index contributed by atoms with van der Waals surface area (Å²) in [5.74, 6) is 0.169. The molecule has 3 N–H and O–H groups in total. The molecule has 0 spiro atoms. The Labute approximate surface area is 127 Å². The van der Waals surface area contributed by atoms with Crippen molar-refractivity contribution in [1.82, 2.24) is 15.1 Å². The second kappa shape index (κ2) is 7.05. The largest absolute Gasteiger partial charge is 0.379 e. The highest BCUT2D eigenvalue weighted by Gasteiger charge is 2.33. The smallest absolute Gasteiger partial charge is 0.221 e. The van der Waals surface area contributed by atoms with E-state index in [4.69, 9.17) is 10.5 Å². The van der Waals surface area contributed by atoms with Crippen molar-refractivity contribution < 1.29 is 9.53 Å². The van der Waals surface area contributed by atoms with Gasteiger partial charge in [-0.15, -0.1) is 0 Å². The van der Waals surface area contributed by atoms with Gasteiger partial charge in [-0.2, -0.15) is 0 Å². The van der Waals surface area contributed by atoms with Crippen molar-refractivity contribution in [1.29, 1.82) is 0 Å². The van der Waals surface area contributed by atoms with E-state index in [0.29, 0.717) is 25.0 Å². The number of amides is 1. The van der Waals surface area contributed by atoms with E-state index >= 15 is 0 Å². The molecule has 1 aliphatic carbocycles. The number of nitrogens with zero attached hydrogens (tertiary/aromatic N) is 2. The Hall–Kier alpha value is -0.690. The minimum absolute atomic E-state index is 0.169. The third kappa shape index (κ3) is 4.16. The Kier molecular flexibility index (Phi) is 5.11. The van der Waals surface area contributed by atoms with Crippen LogP contribution in [0.15, 0.2) is 0 Å². The zero-order valence-corrected chi connectivity index (χ0v) is 12.8. The number of carbonyl (C=O) groups excluding carboxylic acids is 1. The van der Waals surface area contributed by atoms with Crippen LogP contribution in [0.3, 0.4) is 0 Å². The maximum absolute atomic E-state index is 12.0. The van der Waals surface area contributed by atoms with Crippen LogP contribution in [0, 0.1) is 0 Å². The Balaban J connectivity index is 1.46. The SMILES string of the molecule is NCC(CC(=O)NC1CC1)N1CCC(N2CCOCC2)C1. The minimum atomic E-state index is 0.169. The first kappa shape index (κ1) is 15.2. The third-order valence-electron chi connectivity index (χ3n) is 4.91. The molecule has 21 heavy (non-hydrogen) atoms. The molecule has 0 bridgehead atoms. The molecule has 6 nitrogen and oxygen atoms in total. The van der Waals surface area contributed by atoms with Crippen LogP contribution in [-0.2, 0) is 9.53 Å². The van der Waals surface area contributed by atoms with Crippen molar-refractivity contribution >= 4 is 5.91 Å². The van der Waals surface area contributed by atoms with E-state index in [9.17, 15) is 4.79 Å².